The first kappa shape index (κ1) is 26.9. The molecule has 40 heavy (non-hydrogen) atoms. The van der Waals surface area contributed by atoms with Gasteiger partial charge in [-0.3, -0.25) is 0 Å². The predicted octanol–water partition coefficient (Wildman–Crippen LogP) is 7.71. The van der Waals surface area contributed by atoms with E-state index in [2.05, 4.69) is 74.5 Å². The zero-order valence-electron chi connectivity index (χ0n) is 21.8. The predicted molar refractivity (Wildman–Crippen MR) is 164 cm³/mol. The maximum Gasteiger partial charge on any atom is 0.0658 e. The Kier molecular flexibility index (Phi) is 8.41. The average molecular weight is 571 g/mol. The van der Waals surface area contributed by atoms with Crippen LogP contribution in [-0.4, -0.2) is 19.9 Å². The van der Waals surface area contributed by atoms with Gasteiger partial charge < -0.3 is 15.7 Å². The monoisotopic (exact) mass is 570 g/mol. The van der Waals surface area contributed by atoms with E-state index in [9.17, 15) is 0 Å². The number of hydrogen-bond donors (Lipinski definition) is 3. The van der Waals surface area contributed by atoms with Gasteiger partial charge in [-0.05, 0) is 103 Å². The van der Waals surface area contributed by atoms with Crippen LogP contribution in [0, 0.1) is 0 Å². The maximum atomic E-state index is 5.88. The molecule has 0 aliphatic carbocycles. The largest absolute Gasteiger partial charge is 0.399 e. The minimum absolute atomic E-state index is 0. The van der Waals surface area contributed by atoms with Gasteiger partial charge >= 0.3 is 0 Å². The van der Waals surface area contributed by atoms with Crippen molar-refractivity contribution in [1.82, 2.24) is 19.9 Å². The third kappa shape index (κ3) is 6.86. The summed E-state index contributed by atoms with van der Waals surface area (Å²) in [7, 11) is 0. The van der Waals surface area contributed by atoms with Crippen LogP contribution in [0.2, 0.25) is 0 Å². The van der Waals surface area contributed by atoms with E-state index in [0.29, 0.717) is 0 Å². The van der Waals surface area contributed by atoms with Crippen molar-refractivity contribution in [1.29, 1.82) is 0 Å². The molecule has 5 aromatic rings. The van der Waals surface area contributed by atoms with Gasteiger partial charge in [0.25, 0.3) is 0 Å². The first-order valence-corrected chi connectivity index (χ1v) is 13.1. The minimum atomic E-state index is 0. The molecule has 0 atom stereocenters. The molecule has 2 aromatic carbocycles. The Morgan fingerprint density at radius 2 is 0.925 bits per heavy atom. The number of aromatic amines is 2. The van der Waals surface area contributed by atoms with E-state index >= 15 is 0 Å². The summed E-state index contributed by atoms with van der Waals surface area (Å²) >= 11 is 0. The molecule has 2 aliphatic heterocycles. The first-order valence-electron chi connectivity index (χ1n) is 13.1. The molecule has 0 amide bonds. The van der Waals surface area contributed by atoms with E-state index < -0.39 is 0 Å². The van der Waals surface area contributed by atoms with Crippen molar-refractivity contribution < 1.29 is 17.1 Å². The summed E-state index contributed by atoms with van der Waals surface area (Å²) in [5, 5.41) is 0. The molecule has 5 nitrogen and oxygen atoms in total. The van der Waals surface area contributed by atoms with Gasteiger partial charge in [-0.2, -0.15) is 0 Å². The van der Waals surface area contributed by atoms with Gasteiger partial charge in [-0.1, -0.05) is 48.5 Å². The Morgan fingerprint density at radius 3 is 1.38 bits per heavy atom. The van der Waals surface area contributed by atoms with Crippen molar-refractivity contribution in [2.45, 2.75) is 12.8 Å². The standard InChI is InChI=1S/C20H14N4.C14H15N.Cu/c1-2-14-10-16-5-6-18(23-16)12-20-8-7-19(24-20)11-17-4-3-15(22-17)9-13(1)21-14;15-14-9-5-4-8-13(14)11-10-12-6-2-1-3-7-12;/h1-12,21,24H;1-9H,10-11,15H2;. The number of nitrogen functional groups attached to an aromatic ring is 1. The third-order valence-electron chi connectivity index (χ3n) is 6.62. The van der Waals surface area contributed by atoms with Crippen LogP contribution in [0.15, 0.2) is 103 Å². The second-order valence-corrected chi connectivity index (χ2v) is 9.59. The molecular formula is C34H29CuN5. The average Bonchev–Trinajstić information content (AvgIpc) is 3.76. The molecule has 0 saturated heterocycles. The number of H-pyrrole nitrogens is 2. The molecule has 2 aliphatic rings. The maximum absolute atomic E-state index is 5.88. The Hall–Kier alpha value is -4.64. The van der Waals surface area contributed by atoms with E-state index in [0.717, 1.165) is 63.4 Å². The van der Waals surface area contributed by atoms with Crippen LogP contribution in [0.5, 0.6) is 0 Å². The quantitative estimate of drug-likeness (QED) is 0.150. The molecule has 7 rings (SSSR count). The topological polar surface area (TPSA) is 83.4 Å². The number of benzene rings is 2. The first-order chi connectivity index (χ1) is 19.2. The van der Waals surface area contributed by atoms with Gasteiger partial charge in [-0.25, -0.2) is 9.97 Å². The fourth-order valence-corrected chi connectivity index (χ4v) is 4.63. The molecule has 0 unspecified atom stereocenters. The summed E-state index contributed by atoms with van der Waals surface area (Å²) in [5.74, 6) is 0. The molecule has 0 fully saturated rings. The summed E-state index contributed by atoms with van der Waals surface area (Å²) in [6.07, 6.45) is 10.2. The van der Waals surface area contributed by atoms with E-state index in [4.69, 9.17) is 5.73 Å². The van der Waals surface area contributed by atoms with Crippen molar-refractivity contribution in [3.05, 3.63) is 137 Å². The van der Waals surface area contributed by atoms with Gasteiger partial charge in [0.2, 0.25) is 0 Å². The summed E-state index contributed by atoms with van der Waals surface area (Å²) in [4.78, 5) is 16.0. The molecule has 4 N–H and O–H groups in total. The van der Waals surface area contributed by atoms with Crippen molar-refractivity contribution in [3.63, 3.8) is 0 Å². The number of nitrogens with two attached hydrogens (primary N) is 1. The Balaban J connectivity index is 0.000000175. The summed E-state index contributed by atoms with van der Waals surface area (Å²) in [5.41, 5.74) is 17.2. The van der Waals surface area contributed by atoms with Crippen molar-refractivity contribution in [2.75, 3.05) is 5.73 Å². The second-order valence-electron chi connectivity index (χ2n) is 9.59. The smallest absolute Gasteiger partial charge is 0.0658 e. The normalized spacial score (nSPS) is 11.4. The fourth-order valence-electron chi connectivity index (χ4n) is 4.63. The summed E-state index contributed by atoms with van der Waals surface area (Å²) < 4.78 is 0. The van der Waals surface area contributed by atoms with E-state index in [1.165, 1.54) is 11.1 Å². The number of anilines is 1. The number of fused-ring (bicyclic) bond motifs is 8. The number of nitrogens with one attached hydrogen (secondary N) is 2. The van der Waals surface area contributed by atoms with Crippen LogP contribution in [0.1, 0.15) is 33.9 Å². The minimum Gasteiger partial charge on any atom is -0.399 e. The SMILES string of the molecule is C1=Cc2cc3ccc(cc4nc(cc5ccc(cc1n2)[nH]5)C=C4)[nH]3.Nc1ccccc1CCc1ccccc1.[Cu]. The number of nitrogens with zero attached hydrogens (tertiary/aromatic N) is 2. The van der Waals surface area contributed by atoms with Gasteiger partial charge in [0, 0.05) is 44.8 Å². The van der Waals surface area contributed by atoms with Crippen LogP contribution < -0.4 is 5.73 Å². The molecular weight excluding hydrogens is 542 g/mol. The van der Waals surface area contributed by atoms with Crippen molar-refractivity contribution >= 4 is 52.1 Å². The molecule has 8 bridgehead atoms. The van der Waals surface area contributed by atoms with Crippen LogP contribution in [0.25, 0.3) is 46.4 Å². The van der Waals surface area contributed by atoms with E-state index in [-0.39, 0.29) is 17.1 Å². The van der Waals surface area contributed by atoms with E-state index in [1.807, 2.05) is 72.8 Å². The number of aryl methyl sites for hydroxylation is 2. The zero-order chi connectivity index (χ0) is 26.4. The third-order valence-corrected chi connectivity index (χ3v) is 6.62. The van der Waals surface area contributed by atoms with Gasteiger partial charge in [0.05, 0.1) is 22.8 Å². The Morgan fingerprint density at radius 1 is 0.500 bits per heavy atom. The zero-order valence-corrected chi connectivity index (χ0v) is 22.8. The molecule has 3 aromatic heterocycles. The molecule has 201 valence electrons. The summed E-state index contributed by atoms with van der Waals surface area (Å²) in [6.45, 7) is 0. The second kappa shape index (κ2) is 12.5. The number of para-hydroxylation sites is 1. The Labute approximate surface area is 244 Å². The molecule has 0 spiro atoms. The molecule has 6 heteroatoms. The van der Waals surface area contributed by atoms with Gasteiger partial charge in [0.1, 0.15) is 0 Å². The van der Waals surface area contributed by atoms with E-state index in [1.54, 1.807) is 0 Å². The van der Waals surface area contributed by atoms with Crippen LogP contribution >= 0.6 is 0 Å². The molecule has 1 radical (unpaired) electrons. The molecule has 0 saturated carbocycles. The van der Waals surface area contributed by atoms with Crippen molar-refractivity contribution in [2.24, 2.45) is 0 Å². The van der Waals surface area contributed by atoms with Crippen LogP contribution in [-0.2, 0) is 29.9 Å². The van der Waals surface area contributed by atoms with Crippen molar-refractivity contribution in [3.8, 4) is 0 Å². The molecule has 5 heterocycles. The number of aromatic nitrogens is 4. The van der Waals surface area contributed by atoms with Crippen LogP contribution in [0.4, 0.5) is 5.69 Å². The Bertz CT molecular complexity index is 1660. The number of hydrogen-bond acceptors (Lipinski definition) is 3. The van der Waals surface area contributed by atoms with Gasteiger partial charge in [-0.15, -0.1) is 0 Å². The van der Waals surface area contributed by atoms with Gasteiger partial charge in [0.15, 0.2) is 0 Å². The number of rotatable bonds is 3. The van der Waals surface area contributed by atoms with Crippen LogP contribution in [0.3, 0.4) is 0 Å². The fraction of sp³-hybridized carbons (Fsp3) is 0.0588. The summed E-state index contributed by atoms with van der Waals surface area (Å²) in [6, 6.07) is 34.9.